The number of rotatable bonds is 2. The van der Waals surface area contributed by atoms with Crippen molar-refractivity contribution in [1.82, 2.24) is 0 Å². The molecule has 0 amide bonds. The van der Waals surface area contributed by atoms with Crippen LogP contribution in [0.3, 0.4) is 0 Å². The van der Waals surface area contributed by atoms with E-state index in [-0.39, 0.29) is 0 Å². The van der Waals surface area contributed by atoms with Gasteiger partial charge in [-0.25, -0.2) is 0 Å². The summed E-state index contributed by atoms with van der Waals surface area (Å²) in [6, 6.07) is 0. The summed E-state index contributed by atoms with van der Waals surface area (Å²) in [4.78, 5) is 0. The molecule has 1 nitrogen and oxygen atoms in total. The second-order valence-corrected chi connectivity index (χ2v) is 10.8. The lowest BCUT2D eigenvalue weighted by Gasteiger charge is -2.57. The highest BCUT2D eigenvalue weighted by molar-refractivity contribution is 5.24. The molecule has 4 aliphatic carbocycles. The molecule has 0 spiro atoms. The molecule has 4 aliphatic rings. The number of aliphatic hydroxyl groups is 1. The summed E-state index contributed by atoms with van der Waals surface area (Å²) in [5.41, 5.74) is 2.82. The van der Waals surface area contributed by atoms with Crippen molar-refractivity contribution >= 4 is 0 Å². The molecule has 0 aliphatic heterocycles. The molecule has 8 unspecified atom stereocenters. The molecule has 0 bridgehead atoms. The number of aliphatic hydroxyl groups excluding tert-OH is 1. The smallest absolute Gasteiger partial charge is 0.0459 e. The van der Waals surface area contributed by atoms with Gasteiger partial charge in [0.1, 0.15) is 0 Å². The highest BCUT2D eigenvalue weighted by atomic mass is 16.3. The Morgan fingerprint density at radius 2 is 1.88 bits per heavy atom. The Kier molecular flexibility index (Phi) is 4.63. The van der Waals surface area contributed by atoms with Crippen LogP contribution in [0.2, 0.25) is 0 Å². The van der Waals surface area contributed by atoms with E-state index in [1.54, 1.807) is 0 Å². The summed E-state index contributed by atoms with van der Waals surface area (Å²) in [5, 5.41) is 9.77. The molecule has 0 aromatic heterocycles. The van der Waals surface area contributed by atoms with Crippen LogP contribution < -0.4 is 0 Å². The third kappa shape index (κ3) is 2.67. The molecule has 25 heavy (non-hydrogen) atoms. The average Bonchev–Trinajstić information content (AvgIpc) is 2.87. The van der Waals surface area contributed by atoms with E-state index in [1.165, 1.54) is 57.8 Å². The Morgan fingerprint density at radius 3 is 2.64 bits per heavy atom. The predicted molar refractivity (Wildman–Crippen MR) is 105 cm³/mol. The monoisotopic (exact) mass is 344 g/mol. The molecule has 142 valence electrons. The minimum atomic E-state index is 0.376. The largest absolute Gasteiger partial charge is 0.396 e. The minimum Gasteiger partial charge on any atom is -0.396 e. The van der Waals surface area contributed by atoms with Gasteiger partial charge in [0.25, 0.3) is 0 Å². The van der Waals surface area contributed by atoms with Crippen molar-refractivity contribution in [2.24, 2.45) is 46.3 Å². The zero-order valence-electron chi connectivity index (χ0n) is 17.1. The van der Waals surface area contributed by atoms with Gasteiger partial charge in [-0.2, -0.15) is 0 Å². The van der Waals surface area contributed by atoms with E-state index in [1.807, 2.05) is 5.57 Å². The molecule has 0 heterocycles. The van der Waals surface area contributed by atoms with Crippen LogP contribution in [0.4, 0.5) is 0 Å². The van der Waals surface area contributed by atoms with E-state index < -0.39 is 0 Å². The van der Waals surface area contributed by atoms with Gasteiger partial charge >= 0.3 is 0 Å². The van der Waals surface area contributed by atoms with E-state index in [9.17, 15) is 5.11 Å². The number of hydrogen-bond donors (Lipinski definition) is 1. The molecule has 8 atom stereocenters. The number of fused-ring (bicyclic) bond motifs is 5. The van der Waals surface area contributed by atoms with Gasteiger partial charge in [0.05, 0.1) is 0 Å². The van der Waals surface area contributed by atoms with Crippen molar-refractivity contribution in [3.63, 3.8) is 0 Å². The summed E-state index contributed by atoms with van der Waals surface area (Å²) < 4.78 is 0. The molecule has 4 rings (SSSR count). The fourth-order valence-corrected chi connectivity index (χ4v) is 8.09. The van der Waals surface area contributed by atoms with Gasteiger partial charge in [0.2, 0.25) is 0 Å². The molecule has 0 saturated heterocycles. The molecule has 1 N–H and O–H groups in total. The van der Waals surface area contributed by atoms with Crippen LogP contribution in [0.25, 0.3) is 0 Å². The maximum atomic E-state index is 9.77. The lowest BCUT2D eigenvalue weighted by Crippen LogP contribution is -2.49. The summed E-state index contributed by atoms with van der Waals surface area (Å²) in [7, 11) is 0. The van der Waals surface area contributed by atoms with Crippen molar-refractivity contribution in [3.8, 4) is 0 Å². The summed E-state index contributed by atoms with van der Waals surface area (Å²) in [6.07, 6.45) is 15.3. The molecule has 1 heteroatoms. The zero-order valence-corrected chi connectivity index (χ0v) is 17.1. The fraction of sp³-hybridized carbons (Fsp3) is 0.917. The summed E-state index contributed by atoms with van der Waals surface area (Å²) in [6.45, 7) is 10.4. The first-order valence-corrected chi connectivity index (χ1v) is 11.2. The quantitative estimate of drug-likeness (QED) is 0.590. The van der Waals surface area contributed by atoms with E-state index in [0.717, 1.165) is 29.6 Å². The lowest BCUT2D eigenvalue weighted by molar-refractivity contribution is -0.0496. The van der Waals surface area contributed by atoms with Crippen LogP contribution in [-0.2, 0) is 0 Å². The highest BCUT2D eigenvalue weighted by Crippen LogP contribution is 2.66. The third-order valence-electron chi connectivity index (χ3n) is 9.74. The third-order valence-corrected chi connectivity index (χ3v) is 9.74. The normalized spacial score (nSPS) is 50.9. The van der Waals surface area contributed by atoms with Crippen LogP contribution in [0.1, 0.15) is 85.5 Å². The van der Waals surface area contributed by atoms with Gasteiger partial charge in [-0.3, -0.25) is 0 Å². The standard InChI is InChI=1S/C24H40O/c1-16-5-6-18-7-8-19-21-10-9-20(17(2)15-25)24(21,4)14-12-22(19)23(18,3)13-11-16/h7,16-17,19-22,25H,5-6,8-15H2,1-4H3. The molecule has 0 aromatic carbocycles. The van der Waals surface area contributed by atoms with Crippen molar-refractivity contribution < 1.29 is 5.11 Å². The Balaban J connectivity index is 1.63. The van der Waals surface area contributed by atoms with Gasteiger partial charge in [-0.15, -0.1) is 0 Å². The van der Waals surface area contributed by atoms with Crippen molar-refractivity contribution in [2.45, 2.75) is 85.5 Å². The van der Waals surface area contributed by atoms with Crippen LogP contribution in [0, 0.1) is 46.3 Å². The first-order valence-electron chi connectivity index (χ1n) is 11.2. The molecular weight excluding hydrogens is 304 g/mol. The topological polar surface area (TPSA) is 20.2 Å². The molecule has 3 fully saturated rings. The lowest BCUT2D eigenvalue weighted by atomic mass is 9.48. The van der Waals surface area contributed by atoms with E-state index in [2.05, 4.69) is 33.8 Å². The van der Waals surface area contributed by atoms with Crippen LogP contribution in [-0.4, -0.2) is 11.7 Å². The second kappa shape index (κ2) is 6.39. The van der Waals surface area contributed by atoms with Crippen molar-refractivity contribution in [2.75, 3.05) is 6.61 Å². The number of hydrogen-bond acceptors (Lipinski definition) is 1. The van der Waals surface area contributed by atoms with E-state index in [0.29, 0.717) is 23.4 Å². The van der Waals surface area contributed by atoms with E-state index >= 15 is 0 Å². The van der Waals surface area contributed by atoms with Crippen LogP contribution >= 0.6 is 0 Å². The van der Waals surface area contributed by atoms with Gasteiger partial charge in [0.15, 0.2) is 0 Å². The van der Waals surface area contributed by atoms with Crippen molar-refractivity contribution in [3.05, 3.63) is 11.6 Å². The van der Waals surface area contributed by atoms with Crippen LogP contribution in [0.15, 0.2) is 11.6 Å². The van der Waals surface area contributed by atoms with Gasteiger partial charge in [-0.05, 0) is 104 Å². The Morgan fingerprint density at radius 1 is 1.08 bits per heavy atom. The summed E-state index contributed by atoms with van der Waals surface area (Å²) in [5.74, 6) is 4.89. The Hall–Kier alpha value is -0.300. The highest BCUT2D eigenvalue weighted by Gasteiger charge is 2.58. The molecule has 0 radical (unpaired) electrons. The first kappa shape index (κ1) is 18.1. The maximum absolute atomic E-state index is 9.77. The molecule has 0 aromatic rings. The van der Waals surface area contributed by atoms with Gasteiger partial charge < -0.3 is 5.11 Å². The van der Waals surface area contributed by atoms with Crippen LogP contribution in [0.5, 0.6) is 0 Å². The fourth-order valence-electron chi connectivity index (χ4n) is 8.09. The molecular formula is C24H40O. The Bertz CT molecular complexity index is 536. The average molecular weight is 345 g/mol. The summed E-state index contributed by atoms with van der Waals surface area (Å²) >= 11 is 0. The SMILES string of the molecule is CC1CCC2=CCC3C(CCC4(C)C(C(C)CO)CCC34)C2(C)CC1. The predicted octanol–water partition coefficient (Wildman–Crippen LogP) is 6.22. The van der Waals surface area contributed by atoms with Crippen molar-refractivity contribution in [1.29, 1.82) is 0 Å². The van der Waals surface area contributed by atoms with E-state index in [4.69, 9.17) is 0 Å². The number of allylic oxidation sites excluding steroid dienone is 2. The maximum Gasteiger partial charge on any atom is 0.0459 e. The zero-order chi connectivity index (χ0) is 17.8. The second-order valence-electron chi connectivity index (χ2n) is 10.8. The van der Waals surface area contributed by atoms with Gasteiger partial charge in [0, 0.05) is 6.61 Å². The first-order chi connectivity index (χ1) is 11.9. The molecule has 3 saturated carbocycles. The minimum absolute atomic E-state index is 0.376. The van der Waals surface area contributed by atoms with Gasteiger partial charge in [-0.1, -0.05) is 39.3 Å². The Labute approximate surface area is 155 Å².